The summed E-state index contributed by atoms with van der Waals surface area (Å²) in [4.78, 5) is 11.2. The summed E-state index contributed by atoms with van der Waals surface area (Å²) < 4.78 is 0. The third kappa shape index (κ3) is 2.64. The molecule has 0 fully saturated rings. The maximum Gasteiger partial charge on any atom is 0.252 e. The van der Waals surface area contributed by atoms with Gasteiger partial charge in [0.15, 0.2) is 0 Å². The fraction of sp³-hybridized carbons (Fsp3) is 0.375. The van der Waals surface area contributed by atoms with Crippen molar-refractivity contribution < 1.29 is 9.90 Å². The van der Waals surface area contributed by atoms with Gasteiger partial charge >= 0.3 is 0 Å². The van der Waals surface area contributed by atoms with E-state index in [1.165, 1.54) is 11.3 Å². The molecule has 0 saturated carbocycles. The second-order valence-electron chi connectivity index (χ2n) is 2.35. The highest BCUT2D eigenvalue weighted by molar-refractivity contribution is 7.08. The SMILES string of the molecule is O=C(NCCCO)c1ccsc1. The lowest BCUT2D eigenvalue weighted by molar-refractivity contribution is 0.0951. The first-order valence-corrected chi connectivity index (χ1v) is 4.70. The van der Waals surface area contributed by atoms with Crippen molar-refractivity contribution in [2.75, 3.05) is 13.2 Å². The molecular weight excluding hydrogens is 174 g/mol. The zero-order chi connectivity index (χ0) is 8.81. The Morgan fingerprint density at radius 2 is 2.50 bits per heavy atom. The van der Waals surface area contributed by atoms with Gasteiger partial charge in [-0.05, 0) is 17.9 Å². The number of thiophene rings is 1. The molecule has 0 aliphatic carbocycles. The van der Waals surface area contributed by atoms with Gasteiger partial charge in [0.1, 0.15) is 0 Å². The van der Waals surface area contributed by atoms with E-state index in [1.54, 1.807) is 11.4 Å². The fourth-order valence-corrected chi connectivity index (χ4v) is 1.41. The number of nitrogens with one attached hydrogen (secondary N) is 1. The van der Waals surface area contributed by atoms with Crippen LogP contribution in [-0.2, 0) is 0 Å². The highest BCUT2D eigenvalue weighted by Gasteiger charge is 2.02. The minimum atomic E-state index is -0.0651. The molecule has 0 radical (unpaired) electrons. The zero-order valence-electron chi connectivity index (χ0n) is 6.62. The Balaban J connectivity index is 2.30. The summed E-state index contributed by atoms with van der Waals surface area (Å²) in [5.41, 5.74) is 0.693. The number of carbonyl (C=O) groups is 1. The van der Waals surface area contributed by atoms with Gasteiger partial charge < -0.3 is 10.4 Å². The number of rotatable bonds is 4. The van der Waals surface area contributed by atoms with Gasteiger partial charge in [0.2, 0.25) is 0 Å². The monoisotopic (exact) mass is 185 g/mol. The Morgan fingerprint density at radius 3 is 3.08 bits per heavy atom. The van der Waals surface area contributed by atoms with E-state index in [4.69, 9.17) is 5.11 Å². The van der Waals surface area contributed by atoms with Crippen LogP contribution in [0, 0.1) is 0 Å². The Hall–Kier alpha value is -0.870. The molecule has 66 valence electrons. The molecule has 2 N–H and O–H groups in total. The standard InChI is InChI=1S/C8H11NO2S/c10-4-1-3-9-8(11)7-2-5-12-6-7/h2,5-6,10H,1,3-4H2,(H,9,11). The summed E-state index contributed by atoms with van der Waals surface area (Å²) in [5, 5.41) is 14.8. The number of amides is 1. The van der Waals surface area contributed by atoms with Crippen LogP contribution in [0.15, 0.2) is 16.8 Å². The van der Waals surface area contributed by atoms with E-state index in [0.717, 1.165) is 0 Å². The number of hydrogen-bond acceptors (Lipinski definition) is 3. The molecule has 0 atom stereocenters. The molecule has 0 aliphatic rings. The van der Waals surface area contributed by atoms with Crippen molar-refractivity contribution in [3.05, 3.63) is 22.4 Å². The molecule has 0 unspecified atom stereocenters. The summed E-state index contributed by atoms with van der Waals surface area (Å²) in [6, 6.07) is 1.78. The lowest BCUT2D eigenvalue weighted by atomic mass is 10.3. The second-order valence-corrected chi connectivity index (χ2v) is 3.13. The van der Waals surface area contributed by atoms with E-state index in [0.29, 0.717) is 18.5 Å². The molecule has 4 heteroatoms. The molecule has 0 bridgehead atoms. The Morgan fingerprint density at radius 1 is 1.67 bits per heavy atom. The van der Waals surface area contributed by atoms with Gasteiger partial charge in [0.25, 0.3) is 5.91 Å². The van der Waals surface area contributed by atoms with Crippen LogP contribution in [0.1, 0.15) is 16.8 Å². The van der Waals surface area contributed by atoms with Crippen LogP contribution in [0.4, 0.5) is 0 Å². The molecule has 0 aromatic carbocycles. The second kappa shape index (κ2) is 4.90. The Bertz CT molecular complexity index is 233. The molecule has 3 nitrogen and oxygen atoms in total. The maximum atomic E-state index is 11.2. The molecule has 0 saturated heterocycles. The topological polar surface area (TPSA) is 49.3 Å². The largest absolute Gasteiger partial charge is 0.396 e. The molecule has 12 heavy (non-hydrogen) atoms. The van der Waals surface area contributed by atoms with Crippen LogP contribution < -0.4 is 5.32 Å². The van der Waals surface area contributed by atoms with Crippen LogP contribution in [0.5, 0.6) is 0 Å². The van der Waals surface area contributed by atoms with Crippen molar-refractivity contribution in [3.63, 3.8) is 0 Å². The van der Waals surface area contributed by atoms with Crippen LogP contribution in [0.25, 0.3) is 0 Å². The first-order valence-electron chi connectivity index (χ1n) is 3.76. The van der Waals surface area contributed by atoms with Gasteiger partial charge in [0.05, 0.1) is 0 Å². The summed E-state index contributed by atoms with van der Waals surface area (Å²) >= 11 is 1.50. The smallest absolute Gasteiger partial charge is 0.252 e. The lowest BCUT2D eigenvalue weighted by Gasteiger charge is -2.00. The highest BCUT2D eigenvalue weighted by Crippen LogP contribution is 2.04. The van der Waals surface area contributed by atoms with Crippen molar-refractivity contribution >= 4 is 17.2 Å². The third-order valence-corrected chi connectivity index (χ3v) is 2.09. The average Bonchev–Trinajstić information content (AvgIpc) is 2.56. The fourth-order valence-electron chi connectivity index (χ4n) is 0.777. The minimum Gasteiger partial charge on any atom is -0.396 e. The molecular formula is C8H11NO2S. The van der Waals surface area contributed by atoms with Crippen molar-refractivity contribution in [3.8, 4) is 0 Å². The van der Waals surface area contributed by atoms with Gasteiger partial charge in [-0.1, -0.05) is 0 Å². The first-order chi connectivity index (χ1) is 5.84. The van der Waals surface area contributed by atoms with E-state index in [9.17, 15) is 4.79 Å². The predicted molar refractivity (Wildman–Crippen MR) is 48.4 cm³/mol. The van der Waals surface area contributed by atoms with Gasteiger partial charge in [-0.15, -0.1) is 0 Å². The minimum absolute atomic E-state index is 0.0651. The molecule has 0 spiro atoms. The molecule has 1 heterocycles. The molecule has 0 aliphatic heterocycles. The maximum absolute atomic E-state index is 11.2. The van der Waals surface area contributed by atoms with E-state index in [-0.39, 0.29) is 12.5 Å². The van der Waals surface area contributed by atoms with E-state index < -0.39 is 0 Å². The number of aliphatic hydroxyl groups excluding tert-OH is 1. The van der Waals surface area contributed by atoms with Crippen molar-refractivity contribution in [1.82, 2.24) is 5.32 Å². The van der Waals surface area contributed by atoms with Crippen LogP contribution in [0.2, 0.25) is 0 Å². The predicted octanol–water partition coefficient (Wildman–Crippen LogP) is 0.860. The molecule has 1 aromatic rings. The molecule has 1 amide bonds. The Labute approximate surface area is 75.0 Å². The summed E-state index contributed by atoms with van der Waals surface area (Å²) in [6.45, 7) is 0.648. The number of hydrogen-bond donors (Lipinski definition) is 2. The lowest BCUT2D eigenvalue weighted by Crippen LogP contribution is -2.24. The average molecular weight is 185 g/mol. The summed E-state index contributed by atoms with van der Waals surface area (Å²) in [7, 11) is 0. The van der Waals surface area contributed by atoms with Gasteiger partial charge in [0, 0.05) is 24.1 Å². The number of aliphatic hydroxyl groups is 1. The number of carbonyl (C=O) groups excluding carboxylic acids is 1. The van der Waals surface area contributed by atoms with E-state index in [2.05, 4.69) is 5.32 Å². The van der Waals surface area contributed by atoms with E-state index in [1.807, 2.05) is 5.38 Å². The van der Waals surface area contributed by atoms with Gasteiger partial charge in [-0.25, -0.2) is 0 Å². The van der Waals surface area contributed by atoms with Gasteiger partial charge in [-0.2, -0.15) is 11.3 Å². The van der Waals surface area contributed by atoms with Crippen LogP contribution >= 0.6 is 11.3 Å². The quantitative estimate of drug-likeness (QED) is 0.683. The van der Waals surface area contributed by atoms with Gasteiger partial charge in [-0.3, -0.25) is 4.79 Å². The van der Waals surface area contributed by atoms with E-state index >= 15 is 0 Å². The van der Waals surface area contributed by atoms with Crippen LogP contribution in [0.3, 0.4) is 0 Å². The summed E-state index contributed by atoms with van der Waals surface area (Å²) in [5.74, 6) is -0.0651. The normalized spacial score (nSPS) is 9.75. The first kappa shape index (κ1) is 9.22. The van der Waals surface area contributed by atoms with Crippen molar-refractivity contribution in [2.24, 2.45) is 0 Å². The third-order valence-electron chi connectivity index (χ3n) is 1.40. The zero-order valence-corrected chi connectivity index (χ0v) is 7.43. The summed E-state index contributed by atoms with van der Waals surface area (Å²) in [6.07, 6.45) is 0.607. The van der Waals surface area contributed by atoms with Crippen LogP contribution in [-0.4, -0.2) is 24.2 Å². The molecule has 1 rings (SSSR count). The van der Waals surface area contributed by atoms with Crippen molar-refractivity contribution in [2.45, 2.75) is 6.42 Å². The molecule has 1 aromatic heterocycles. The van der Waals surface area contributed by atoms with Crippen molar-refractivity contribution in [1.29, 1.82) is 0 Å². The highest BCUT2D eigenvalue weighted by atomic mass is 32.1. The Kier molecular flexibility index (Phi) is 3.76.